The van der Waals surface area contributed by atoms with E-state index in [1.165, 1.54) is 6.07 Å². The Bertz CT molecular complexity index is 392. The summed E-state index contributed by atoms with van der Waals surface area (Å²) in [5.74, 6) is 0.427. The van der Waals surface area contributed by atoms with Gasteiger partial charge >= 0.3 is 0 Å². The molecule has 1 fully saturated rings. The van der Waals surface area contributed by atoms with Crippen molar-refractivity contribution in [3.63, 3.8) is 0 Å². The molecule has 1 aliphatic carbocycles. The van der Waals surface area contributed by atoms with Crippen LogP contribution in [0.5, 0.6) is 0 Å². The van der Waals surface area contributed by atoms with Gasteiger partial charge in [0, 0.05) is 5.56 Å². The number of halogens is 1. The molecule has 0 aliphatic heterocycles. The van der Waals surface area contributed by atoms with Gasteiger partial charge in [0.25, 0.3) is 0 Å². The van der Waals surface area contributed by atoms with Crippen molar-refractivity contribution in [2.24, 2.45) is 5.92 Å². The summed E-state index contributed by atoms with van der Waals surface area (Å²) in [6, 6.07) is 5.01. The van der Waals surface area contributed by atoms with Crippen molar-refractivity contribution in [2.45, 2.75) is 51.6 Å². The molecule has 1 nitrogen and oxygen atoms in total. The highest BCUT2D eigenvalue weighted by molar-refractivity contribution is 5.29. The standard InChI is InChI=1S/C15H21FO/c1-3-12-6-8-15(17,9-7-12)13-10-11(2)4-5-14(13)16/h4-5,10,12,17H,3,6-9H2,1-2H3. The van der Waals surface area contributed by atoms with E-state index < -0.39 is 5.60 Å². The molecule has 0 saturated heterocycles. The molecule has 0 radical (unpaired) electrons. The number of hydrogen-bond acceptors (Lipinski definition) is 1. The molecular weight excluding hydrogens is 215 g/mol. The van der Waals surface area contributed by atoms with E-state index in [1.807, 2.05) is 6.92 Å². The van der Waals surface area contributed by atoms with E-state index >= 15 is 0 Å². The minimum Gasteiger partial charge on any atom is -0.385 e. The molecule has 1 aromatic rings. The number of benzene rings is 1. The average molecular weight is 236 g/mol. The Morgan fingerprint density at radius 2 is 2.00 bits per heavy atom. The fourth-order valence-electron chi connectivity index (χ4n) is 2.83. The first-order valence-electron chi connectivity index (χ1n) is 6.54. The maximum Gasteiger partial charge on any atom is 0.129 e. The molecule has 1 aliphatic rings. The SMILES string of the molecule is CCC1CCC(O)(c2cc(C)ccc2F)CC1. The molecule has 0 aromatic heterocycles. The zero-order valence-corrected chi connectivity index (χ0v) is 10.7. The Labute approximate surface area is 103 Å². The van der Waals surface area contributed by atoms with Crippen LogP contribution in [0.1, 0.15) is 50.2 Å². The van der Waals surface area contributed by atoms with Gasteiger partial charge in [0.15, 0.2) is 0 Å². The third-order valence-corrected chi connectivity index (χ3v) is 4.13. The smallest absolute Gasteiger partial charge is 0.129 e. The first kappa shape index (κ1) is 12.6. The Morgan fingerprint density at radius 1 is 1.35 bits per heavy atom. The van der Waals surface area contributed by atoms with Gasteiger partial charge in [-0.2, -0.15) is 0 Å². The monoisotopic (exact) mass is 236 g/mol. The van der Waals surface area contributed by atoms with Crippen LogP contribution in [-0.4, -0.2) is 5.11 Å². The number of rotatable bonds is 2. The Kier molecular flexibility index (Phi) is 3.53. The predicted molar refractivity (Wildman–Crippen MR) is 67.3 cm³/mol. The van der Waals surface area contributed by atoms with Crippen LogP contribution in [0.25, 0.3) is 0 Å². The molecule has 0 heterocycles. The molecule has 17 heavy (non-hydrogen) atoms. The van der Waals surface area contributed by atoms with Crippen molar-refractivity contribution < 1.29 is 9.50 Å². The van der Waals surface area contributed by atoms with Gasteiger partial charge in [0.1, 0.15) is 5.82 Å². The van der Waals surface area contributed by atoms with Crippen molar-refractivity contribution >= 4 is 0 Å². The number of aliphatic hydroxyl groups is 1. The summed E-state index contributed by atoms with van der Waals surface area (Å²) in [7, 11) is 0. The maximum atomic E-state index is 13.8. The Morgan fingerprint density at radius 3 is 2.59 bits per heavy atom. The van der Waals surface area contributed by atoms with E-state index in [4.69, 9.17) is 0 Å². The van der Waals surface area contributed by atoms with Crippen LogP contribution >= 0.6 is 0 Å². The second-order valence-corrected chi connectivity index (χ2v) is 5.37. The fraction of sp³-hybridized carbons (Fsp3) is 0.600. The predicted octanol–water partition coefficient (Wildman–Crippen LogP) is 3.92. The van der Waals surface area contributed by atoms with Crippen molar-refractivity contribution in [1.82, 2.24) is 0 Å². The van der Waals surface area contributed by atoms with E-state index in [9.17, 15) is 9.50 Å². The third-order valence-electron chi connectivity index (χ3n) is 4.13. The van der Waals surface area contributed by atoms with Gasteiger partial charge in [-0.1, -0.05) is 31.0 Å². The van der Waals surface area contributed by atoms with E-state index in [0.717, 1.165) is 24.8 Å². The van der Waals surface area contributed by atoms with Gasteiger partial charge in [-0.05, 0) is 44.6 Å². The normalized spacial score (nSPS) is 29.3. The number of hydrogen-bond donors (Lipinski definition) is 1. The highest BCUT2D eigenvalue weighted by Crippen LogP contribution is 2.41. The molecule has 1 N–H and O–H groups in total. The van der Waals surface area contributed by atoms with Crippen LogP contribution in [0.15, 0.2) is 18.2 Å². The van der Waals surface area contributed by atoms with Crippen LogP contribution in [0, 0.1) is 18.7 Å². The molecule has 0 unspecified atom stereocenters. The molecule has 2 rings (SSSR count). The van der Waals surface area contributed by atoms with Crippen molar-refractivity contribution in [2.75, 3.05) is 0 Å². The molecule has 0 spiro atoms. The lowest BCUT2D eigenvalue weighted by molar-refractivity contribution is -0.0174. The van der Waals surface area contributed by atoms with E-state index in [-0.39, 0.29) is 5.82 Å². The maximum absolute atomic E-state index is 13.8. The Hall–Kier alpha value is -0.890. The average Bonchev–Trinajstić information content (AvgIpc) is 2.33. The quantitative estimate of drug-likeness (QED) is 0.825. The van der Waals surface area contributed by atoms with E-state index in [2.05, 4.69) is 6.92 Å². The lowest BCUT2D eigenvalue weighted by atomic mass is 9.74. The van der Waals surface area contributed by atoms with Crippen LogP contribution in [0.2, 0.25) is 0 Å². The van der Waals surface area contributed by atoms with Gasteiger partial charge in [0.05, 0.1) is 5.60 Å². The fourth-order valence-corrected chi connectivity index (χ4v) is 2.83. The first-order chi connectivity index (χ1) is 8.05. The molecule has 0 atom stereocenters. The summed E-state index contributed by atoms with van der Waals surface area (Å²) in [4.78, 5) is 0. The highest BCUT2D eigenvalue weighted by Gasteiger charge is 2.36. The Balaban J connectivity index is 2.24. The van der Waals surface area contributed by atoms with Crippen molar-refractivity contribution in [3.8, 4) is 0 Å². The molecule has 0 amide bonds. The van der Waals surface area contributed by atoms with Gasteiger partial charge in [-0.3, -0.25) is 0 Å². The third kappa shape index (κ3) is 2.52. The second-order valence-electron chi connectivity index (χ2n) is 5.37. The first-order valence-corrected chi connectivity index (χ1v) is 6.54. The second kappa shape index (κ2) is 4.77. The lowest BCUT2D eigenvalue weighted by Gasteiger charge is -2.36. The van der Waals surface area contributed by atoms with Gasteiger partial charge in [-0.25, -0.2) is 4.39 Å². The largest absolute Gasteiger partial charge is 0.385 e. The molecular formula is C15H21FO. The highest BCUT2D eigenvalue weighted by atomic mass is 19.1. The summed E-state index contributed by atoms with van der Waals surface area (Å²) < 4.78 is 13.8. The number of aryl methyl sites for hydroxylation is 1. The summed E-state index contributed by atoms with van der Waals surface area (Å²) in [6.07, 6.45) is 4.53. The van der Waals surface area contributed by atoms with Crippen molar-refractivity contribution in [1.29, 1.82) is 0 Å². The molecule has 2 heteroatoms. The molecule has 94 valence electrons. The van der Waals surface area contributed by atoms with Crippen LogP contribution in [0.4, 0.5) is 4.39 Å². The summed E-state index contributed by atoms with van der Waals surface area (Å²) in [6.45, 7) is 4.12. The summed E-state index contributed by atoms with van der Waals surface area (Å²) in [5.41, 5.74) is 0.557. The zero-order chi connectivity index (χ0) is 12.5. The van der Waals surface area contributed by atoms with Gasteiger partial charge < -0.3 is 5.11 Å². The van der Waals surface area contributed by atoms with E-state index in [0.29, 0.717) is 24.3 Å². The topological polar surface area (TPSA) is 20.2 Å². The molecule has 0 bridgehead atoms. The van der Waals surface area contributed by atoms with Crippen LogP contribution in [-0.2, 0) is 5.60 Å². The van der Waals surface area contributed by atoms with Crippen molar-refractivity contribution in [3.05, 3.63) is 35.1 Å². The van der Waals surface area contributed by atoms with Crippen LogP contribution in [0.3, 0.4) is 0 Å². The summed E-state index contributed by atoms with van der Waals surface area (Å²) in [5, 5.41) is 10.6. The minimum absolute atomic E-state index is 0.270. The molecule has 1 saturated carbocycles. The van der Waals surface area contributed by atoms with Gasteiger partial charge in [0.2, 0.25) is 0 Å². The van der Waals surface area contributed by atoms with E-state index in [1.54, 1.807) is 12.1 Å². The van der Waals surface area contributed by atoms with Gasteiger partial charge in [-0.15, -0.1) is 0 Å². The lowest BCUT2D eigenvalue weighted by Crippen LogP contribution is -2.32. The zero-order valence-electron chi connectivity index (χ0n) is 10.7. The molecule has 1 aromatic carbocycles. The summed E-state index contributed by atoms with van der Waals surface area (Å²) >= 11 is 0. The minimum atomic E-state index is -0.943. The van der Waals surface area contributed by atoms with Crippen LogP contribution < -0.4 is 0 Å².